The van der Waals surface area contributed by atoms with Crippen LogP contribution in [0.3, 0.4) is 0 Å². The van der Waals surface area contributed by atoms with E-state index in [0.29, 0.717) is 19.9 Å². The van der Waals surface area contributed by atoms with Crippen LogP contribution in [0.2, 0.25) is 0 Å². The quantitative estimate of drug-likeness (QED) is 0.527. The molecular formula is C7H17NOP2S. The molecule has 0 aliphatic carbocycles. The van der Waals surface area contributed by atoms with E-state index in [1.807, 2.05) is 13.8 Å². The van der Waals surface area contributed by atoms with Crippen molar-refractivity contribution in [2.24, 2.45) is 0 Å². The van der Waals surface area contributed by atoms with Gasteiger partial charge in [0.15, 0.2) is 5.52 Å². The Labute approximate surface area is 84.0 Å². The molecule has 0 heterocycles. The van der Waals surface area contributed by atoms with E-state index in [0.717, 1.165) is 6.16 Å². The summed E-state index contributed by atoms with van der Waals surface area (Å²) in [5.41, 5.74) is 0.293. The molecular weight excluding hydrogens is 208 g/mol. The van der Waals surface area contributed by atoms with E-state index < -0.39 is 0 Å². The van der Waals surface area contributed by atoms with Gasteiger partial charge in [-0.25, -0.2) is 0 Å². The Morgan fingerprint density at radius 2 is 2.33 bits per heavy atom. The van der Waals surface area contributed by atoms with Gasteiger partial charge in [-0.1, -0.05) is 6.92 Å². The number of hydrogen-bond acceptors (Lipinski definition) is 3. The van der Waals surface area contributed by atoms with E-state index in [1.54, 1.807) is 0 Å². The molecule has 0 fully saturated rings. The Morgan fingerprint density at radius 3 is 2.67 bits per heavy atom. The zero-order valence-corrected chi connectivity index (χ0v) is 10.6. The van der Waals surface area contributed by atoms with E-state index in [-0.39, 0.29) is 11.8 Å². The summed E-state index contributed by atoms with van der Waals surface area (Å²) < 4.78 is 0. The molecule has 0 rings (SSSR count). The predicted molar refractivity (Wildman–Crippen MR) is 63.8 cm³/mol. The first-order valence-electron chi connectivity index (χ1n) is 4.02. The minimum absolute atomic E-state index is 0.0703. The fraction of sp³-hybridized carbons (Fsp3) is 0.857. The van der Waals surface area contributed by atoms with Gasteiger partial charge in [-0.3, -0.25) is 4.79 Å². The maximum atomic E-state index is 11.4. The predicted octanol–water partition coefficient (Wildman–Crippen LogP) is 1.32. The molecule has 0 aromatic heterocycles. The summed E-state index contributed by atoms with van der Waals surface area (Å²) in [6, 6.07) is -0.0703. The zero-order chi connectivity index (χ0) is 9.56. The molecule has 4 unspecified atom stereocenters. The number of thiol groups is 1. The van der Waals surface area contributed by atoms with Crippen LogP contribution in [0.25, 0.3) is 0 Å². The summed E-state index contributed by atoms with van der Waals surface area (Å²) >= 11 is 4.13. The number of nitrogens with one attached hydrogen (secondary N) is 1. The van der Waals surface area contributed by atoms with Crippen molar-refractivity contribution >= 4 is 36.0 Å². The van der Waals surface area contributed by atoms with E-state index in [4.69, 9.17) is 0 Å². The van der Waals surface area contributed by atoms with Crippen molar-refractivity contribution in [2.45, 2.75) is 25.7 Å². The Hall–Kier alpha value is 0.840. The molecule has 2 nitrogen and oxygen atoms in total. The standard InChI is InChI=1S/C7H17NOP2S/c1-3-11-7(9)6(4-12)8-5(2)10/h5-6,8,11-12H,3-4,10H2,1-2H3. The van der Waals surface area contributed by atoms with E-state index in [2.05, 4.69) is 27.2 Å². The first kappa shape index (κ1) is 12.8. The van der Waals surface area contributed by atoms with Crippen LogP contribution in [0.5, 0.6) is 0 Å². The van der Waals surface area contributed by atoms with Gasteiger partial charge in [-0.05, 0) is 21.7 Å². The Morgan fingerprint density at radius 1 is 1.75 bits per heavy atom. The summed E-state index contributed by atoms with van der Waals surface area (Å²) in [4.78, 5) is 11.4. The van der Waals surface area contributed by atoms with Crippen LogP contribution >= 0.6 is 30.4 Å². The molecule has 0 spiro atoms. The van der Waals surface area contributed by atoms with E-state index >= 15 is 0 Å². The highest BCUT2D eigenvalue weighted by atomic mass is 32.1. The lowest BCUT2D eigenvalue weighted by atomic mass is 10.4. The van der Waals surface area contributed by atoms with Gasteiger partial charge in [-0.15, -0.1) is 9.24 Å². The smallest absolute Gasteiger partial charge is 0.168 e. The Bertz CT molecular complexity index is 143. The van der Waals surface area contributed by atoms with Gasteiger partial charge >= 0.3 is 0 Å². The molecule has 4 atom stereocenters. The van der Waals surface area contributed by atoms with Crippen molar-refractivity contribution in [1.29, 1.82) is 0 Å². The lowest BCUT2D eigenvalue weighted by Gasteiger charge is -2.17. The number of rotatable bonds is 6. The first-order chi connectivity index (χ1) is 5.61. The molecule has 1 N–H and O–H groups in total. The van der Waals surface area contributed by atoms with Crippen LogP contribution in [-0.2, 0) is 4.79 Å². The second-order valence-corrected chi connectivity index (χ2v) is 5.50. The highest BCUT2D eigenvalue weighted by Crippen LogP contribution is 2.14. The zero-order valence-electron chi connectivity index (χ0n) is 7.50. The monoisotopic (exact) mass is 225 g/mol. The SMILES string of the molecule is CCPC(=O)C(CS)NC(C)P. The van der Waals surface area contributed by atoms with Crippen molar-refractivity contribution in [3.63, 3.8) is 0 Å². The number of hydrogen-bond donors (Lipinski definition) is 2. The fourth-order valence-electron chi connectivity index (χ4n) is 0.826. The van der Waals surface area contributed by atoms with Crippen molar-refractivity contribution in [1.82, 2.24) is 5.32 Å². The summed E-state index contributed by atoms with van der Waals surface area (Å²) in [6.45, 7) is 4.03. The van der Waals surface area contributed by atoms with Gasteiger partial charge in [0.05, 0.1) is 6.04 Å². The summed E-state index contributed by atoms with van der Waals surface area (Å²) in [7, 11) is 3.03. The minimum Gasteiger partial charge on any atom is -0.301 e. The maximum Gasteiger partial charge on any atom is 0.168 e. The molecule has 0 saturated carbocycles. The average molecular weight is 225 g/mol. The van der Waals surface area contributed by atoms with Crippen LogP contribution < -0.4 is 5.32 Å². The second-order valence-electron chi connectivity index (χ2n) is 2.59. The van der Waals surface area contributed by atoms with Gasteiger partial charge in [-0.2, -0.15) is 12.6 Å². The summed E-state index contributed by atoms with van der Waals surface area (Å²) in [5, 5.41) is 3.16. The van der Waals surface area contributed by atoms with Crippen molar-refractivity contribution in [2.75, 3.05) is 11.9 Å². The van der Waals surface area contributed by atoms with Gasteiger partial charge in [0, 0.05) is 11.5 Å². The van der Waals surface area contributed by atoms with E-state index in [1.165, 1.54) is 0 Å². The molecule has 0 aliphatic heterocycles. The molecule has 12 heavy (non-hydrogen) atoms. The molecule has 0 aromatic carbocycles. The minimum atomic E-state index is -0.0703. The van der Waals surface area contributed by atoms with Crippen LogP contribution in [0, 0.1) is 0 Å². The normalized spacial score (nSPS) is 16.7. The topological polar surface area (TPSA) is 29.1 Å². The van der Waals surface area contributed by atoms with Crippen molar-refractivity contribution in [3.05, 3.63) is 0 Å². The van der Waals surface area contributed by atoms with Crippen LogP contribution in [0.1, 0.15) is 13.8 Å². The third-order valence-corrected chi connectivity index (χ3v) is 2.92. The number of carbonyl (C=O) groups is 1. The third-order valence-electron chi connectivity index (χ3n) is 1.31. The third kappa shape index (κ3) is 5.48. The van der Waals surface area contributed by atoms with Crippen LogP contribution in [0.15, 0.2) is 0 Å². The molecule has 0 bridgehead atoms. The average Bonchev–Trinajstić information content (AvgIpc) is 2.00. The van der Waals surface area contributed by atoms with Crippen molar-refractivity contribution in [3.8, 4) is 0 Å². The van der Waals surface area contributed by atoms with E-state index in [9.17, 15) is 4.79 Å². The second kappa shape index (κ2) is 7.26. The van der Waals surface area contributed by atoms with Gasteiger partial charge in [0.1, 0.15) is 0 Å². The van der Waals surface area contributed by atoms with Crippen molar-refractivity contribution < 1.29 is 4.79 Å². The fourth-order valence-corrected chi connectivity index (χ4v) is 2.28. The molecule has 0 radical (unpaired) electrons. The highest BCUT2D eigenvalue weighted by Gasteiger charge is 2.15. The molecule has 0 saturated heterocycles. The molecule has 0 aliphatic rings. The maximum absolute atomic E-state index is 11.4. The molecule has 0 aromatic rings. The largest absolute Gasteiger partial charge is 0.301 e. The van der Waals surface area contributed by atoms with Crippen LogP contribution in [-0.4, -0.2) is 29.3 Å². The first-order valence-corrected chi connectivity index (χ1v) is 6.52. The molecule has 5 heteroatoms. The Balaban J connectivity index is 3.87. The highest BCUT2D eigenvalue weighted by molar-refractivity contribution is 7.80. The molecule has 72 valence electrons. The molecule has 0 amide bonds. The van der Waals surface area contributed by atoms with Gasteiger partial charge in [0.25, 0.3) is 0 Å². The number of carbonyl (C=O) groups excluding carboxylic acids is 1. The van der Waals surface area contributed by atoms with Crippen LogP contribution in [0.4, 0.5) is 0 Å². The Kier molecular flexibility index (Phi) is 7.77. The lowest BCUT2D eigenvalue weighted by Crippen LogP contribution is -2.39. The van der Waals surface area contributed by atoms with Gasteiger partial charge < -0.3 is 5.32 Å². The summed E-state index contributed by atoms with van der Waals surface area (Å²) in [6.07, 6.45) is 0.941. The van der Waals surface area contributed by atoms with Gasteiger partial charge in [0.2, 0.25) is 0 Å². The lowest BCUT2D eigenvalue weighted by molar-refractivity contribution is -0.112. The summed E-state index contributed by atoms with van der Waals surface area (Å²) in [5.74, 6) is 0.859.